The number of ether oxygens (including phenoxy) is 3. The van der Waals surface area contributed by atoms with Crippen LogP contribution in [0.15, 0.2) is 78.1 Å². The molecule has 0 radical (unpaired) electrons. The summed E-state index contributed by atoms with van der Waals surface area (Å²) < 4.78 is 15.2. The highest BCUT2D eigenvalue weighted by molar-refractivity contribution is 5.98. The summed E-state index contributed by atoms with van der Waals surface area (Å²) in [6, 6.07) is 16.9. The van der Waals surface area contributed by atoms with E-state index in [0.29, 0.717) is 17.7 Å². The third-order valence-electron chi connectivity index (χ3n) is 4.73. The number of rotatable bonds is 6. The molecule has 6 heteroatoms. The van der Waals surface area contributed by atoms with Gasteiger partial charge in [-0.25, -0.2) is 9.59 Å². The zero-order valence-corrected chi connectivity index (χ0v) is 16.6. The Morgan fingerprint density at radius 3 is 1.86 bits per heavy atom. The Labute approximate surface area is 170 Å². The molecule has 0 aliphatic carbocycles. The van der Waals surface area contributed by atoms with Gasteiger partial charge in [-0.15, -0.1) is 0 Å². The van der Waals surface area contributed by atoms with Gasteiger partial charge in [-0.1, -0.05) is 42.5 Å². The molecule has 6 nitrogen and oxygen atoms in total. The van der Waals surface area contributed by atoms with E-state index in [4.69, 9.17) is 14.2 Å². The molecule has 2 aromatic rings. The zero-order valence-electron chi connectivity index (χ0n) is 16.6. The smallest absolute Gasteiger partial charge is 0.336 e. The van der Waals surface area contributed by atoms with Gasteiger partial charge in [-0.05, 0) is 23.3 Å². The standard InChI is InChI=1S/C23H23NO5/c1-27-18-11-9-16(10-12-18)13-24-14-19(22(25)28-2)21(17-7-5-4-6-8-17)20(15-24)23(26)29-3/h4-12,14-15,21H,13H2,1-3H3. The third kappa shape index (κ3) is 4.48. The fraction of sp³-hybridized carbons (Fsp3) is 0.217. The predicted molar refractivity (Wildman–Crippen MR) is 108 cm³/mol. The number of carbonyl (C=O) groups excluding carboxylic acids is 2. The van der Waals surface area contributed by atoms with Crippen LogP contribution in [-0.4, -0.2) is 38.2 Å². The first-order valence-corrected chi connectivity index (χ1v) is 9.11. The van der Waals surface area contributed by atoms with E-state index < -0.39 is 17.9 Å². The number of nitrogens with zero attached hydrogens (tertiary/aromatic N) is 1. The summed E-state index contributed by atoms with van der Waals surface area (Å²) in [5, 5.41) is 0. The quantitative estimate of drug-likeness (QED) is 0.701. The fourth-order valence-corrected chi connectivity index (χ4v) is 3.33. The van der Waals surface area contributed by atoms with Gasteiger partial charge in [0.05, 0.1) is 38.4 Å². The largest absolute Gasteiger partial charge is 0.497 e. The highest BCUT2D eigenvalue weighted by Gasteiger charge is 2.35. The summed E-state index contributed by atoms with van der Waals surface area (Å²) in [6.45, 7) is 0.465. The van der Waals surface area contributed by atoms with Crippen molar-refractivity contribution in [3.05, 3.63) is 89.3 Å². The molecule has 1 aliphatic rings. The molecule has 0 atom stereocenters. The summed E-state index contributed by atoms with van der Waals surface area (Å²) in [7, 11) is 4.27. The van der Waals surface area contributed by atoms with Crippen LogP contribution in [0.1, 0.15) is 17.0 Å². The lowest BCUT2D eigenvalue weighted by molar-refractivity contribution is -0.137. The summed E-state index contributed by atoms with van der Waals surface area (Å²) in [4.78, 5) is 26.9. The molecule has 0 spiro atoms. The first-order valence-electron chi connectivity index (χ1n) is 9.11. The van der Waals surface area contributed by atoms with E-state index in [1.165, 1.54) is 14.2 Å². The van der Waals surface area contributed by atoms with Gasteiger partial charge in [-0.3, -0.25) is 0 Å². The van der Waals surface area contributed by atoms with Crippen LogP contribution in [0.4, 0.5) is 0 Å². The minimum absolute atomic E-state index is 0.370. The van der Waals surface area contributed by atoms with Crippen LogP contribution in [0.25, 0.3) is 0 Å². The lowest BCUT2D eigenvalue weighted by atomic mass is 9.83. The van der Waals surface area contributed by atoms with E-state index in [-0.39, 0.29) is 0 Å². The summed E-state index contributed by atoms with van der Waals surface area (Å²) >= 11 is 0. The van der Waals surface area contributed by atoms with Crippen molar-refractivity contribution in [1.82, 2.24) is 4.90 Å². The number of carbonyl (C=O) groups is 2. The SMILES string of the molecule is COC(=O)C1=CN(Cc2ccc(OC)cc2)C=C(C(=O)OC)C1c1ccccc1. The number of hydrogen-bond acceptors (Lipinski definition) is 6. The van der Waals surface area contributed by atoms with Crippen molar-refractivity contribution in [2.75, 3.05) is 21.3 Å². The molecule has 0 fully saturated rings. The van der Waals surface area contributed by atoms with Gasteiger partial charge in [0.25, 0.3) is 0 Å². The van der Waals surface area contributed by atoms with Crippen LogP contribution in [0.3, 0.4) is 0 Å². The van der Waals surface area contributed by atoms with Gasteiger partial charge in [0.2, 0.25) is 0 Å². The van der Waals surface area contributed by atoms with Crippen LogP contribution in [0, 0.1) is 0 Å². The van der Waals surface area contributed by atoms with Gasteiger partial charge in [-0.2, -0.15) is 0 Å². The number of benzene rings is 2. The molecule has 0 unspecified atom stereocenters. The Bertz CT molecular complexity index is 898. The topological polar surface area (TPSA) is 65.1 Å². The van der Waals surface area contributed by atoms with E-state index >= 15 is 0 Å². The molecule has 2 aromatic carbocycles. The molecule has 0 aromatic heterocycles. The van der Waals surface area contributed by atoms with Gasteiger partial charge >= 0.3 is 11.9 Å². The highest BCUT2D eigenvalue weighted by atomic mass is 16.5. The number of methoxy groups -OCH3 is 3. The molecule has 1 aliphatic heterocycles. The van der Waals surface area contributed by atoms with Crippen molar-refractivity contribution in [3.63, 3.8) is 0 Å². The van der Waals surface area contributed by atoms with Crippen LogP contribution in [-0.2, 0) is 25.6 Å². The third-order valence-corrected chi connectivity index (χ3v) is 4.73. The molecule has 0 bridgehead atoms. The summed E-state index contributed by atoms with van der Waals surface area (Å²) in [6.07, 6.45) is 3.44. The minimum Gasteiger partial charge on any atom is -0.497 e. The van der Waals surface area contributed by atoms with Crippen molar-refractivity contribution < 1.29 is 23.8 Å². The minimum atomic E-state index is -0.566. The average Bonchev–Trinajstić information content (AvgIpc) is 2.78. The molecule has 0 saturated carbocycles. The molecule has 150 valence electrons. The average molecular weight is 393 g/mol. The van der Waals surface area contributed by atoms with E-state index in [9.17, 15) is 9.59 Å². The van der Waals surface area contributed by atoms with Crippen molar-refractivity contribution in [2.45, 2.75) is 12.5 Å². The summed E-state index contributed by atoms with van der Waals surface area (Å²) in [5.74, 6) is -0.794. The van der Waals surface area contributed by atoms with Crippen molar-refractivity contribution in [3.8, 4) is 5.75 Å². The lowest BCUT2D eigenvalue weighted by Gasteiger charge is -2.30. The predicted octanol–water partition coefficient (Wildman–Crippen LogP) is 3.41. The lowest BCUT2D eigenvalue weighted by Crippen LogP contribution is -2.28. The van der Waals surface area contributed by atoms with Gasteiger partial charge in [0.1, 0.15) is 5.75 Å². The van der Waals surface area contributed by atoms with Crippen LogP contribution < -0.4 is 4.74 Å². The Kier molecular flexibility index (Phi) is 6.34. The van der Waals surface area contributed by atoms with E-state index in [0.717, 1.165) is 16.9 Å². The fourth-order valence-electron chi connectivity index (χ4n) is 3.33. The molecule has 0 amide bonds. The molecule has 3 rings (SSSR count). The molecule has 29 heavy (non-hydrogen) atoms. The first-order chi connectivity index (χ1) is 14.1. The second kappa shape index (κ2) is 9.10. The molecular formula is C23H23NO5. The van der Waals surface area contributed by atoms with Crippen molar-refractivity contribution in [2.24, 2.45) is 0 Å². The molecule has 0 saturated heterocycles. The van der Waals surface area contributed by atoms with Gasteiger partial charge in [0.15, 0.2) is 0 Å². The van der Waals surface area contributed by atoms with Crippen molar-refractivity contribution in [1.29, 1.82) is 0 Å². The van der Waals surface area contributed by atoms with Gasteiger partial charge < -0.3 is 19.1 Å². The van der Waals surface area contributed by atoms with Crippen LogP contribution >= 0.6 is 0 Å². The monoisotopic (exact) mass is 393 g/mol. The molecule has 0 N–H and O–H groups in total. The Hall–Kier alpha value is -3.54. The Morgan fingerprint density at radius 1 is 0.828 bits per heavy atom. The van der Waals surface area contributed by atoms with Crippen LogP contribution in [0.2, 0.25) is 0 Å². The number of esters is 2. The zero-order chi connectivity index (χ0) is 20.8. The maximum Gasteiger partial charge on any atom is 0.336 e. The van der Waals surface area contributed by atoms with E-state index in [2.05, 4.69) is 0 Å². The van der Waals surface area contributed by atoms with Crippen LogP contribution in [0.5, 0.6) is 5.75 Å². The maximum atomic E-state index is 12.6. The van der Waals surface area contributed by atoms with Crippen molar-refractivity contribution >= 4 is 11.9 Å². The maximum absolute atomic E-state index is 12.6. The Morgan fingerprint density at radius 2 is 1.38 bits per heavy atom. The Balaban J connectivity index is 2.02. The van der Waals surface area contributed by atoms with Gasteiger partial charge in [0, 0.05) is 18.9 Å². The molecule has 1 heterocycles. The first kappa shape index (κ1) is 20.2. The number of hydrogen-bond donors (Lipinski definition) is 0. The second-order valence-electron chi connectivity index (χ2n) is 6.52. The van der Waals surface area contributed by atoms with E-state index in [1.54, 1.807) is 24.4 Å². The normalized spacial score (nSPS) is 14.0. The summed E-state index contributed by atoms with van der Waals surface area (Å²) in [5.41, 5.74) is 2.54. The molecular weight excluding hydrogens is 370 g/mol. The van der Waals surface area contributed by atoms with E-state index in [1.807, 2.05) is 54.6 Å². The second-order valence-corrected chi connectivity index (χ2v) is 6.52. The highest BCUT2D eigenvalue weighted by Crippen LogP contribution is 2.37.